The largest absolute Gasteiger partial charge is 0.368 e. The summed E-state index contributed by atoms with van der Waals surface area (Å²) in [6.45, 7) is 6.92. The van der Waals surface area contributed by atoms with Gasteiger partial charge in [0.2, 0.25) is 0 Å². The van der Waals surface area contributed by atoms with Gasteiger partial charge in [-0.2, -0.15) is 0 Å². The second kappa shape index (κ2) is 16.5. The van der Waals surface area contributed by atoms with Crippen molar-refractivity contribution in [1.29, 1.82) is 0 Å². The molecule has 58 heavy (non-hydrogen) atoms. The summed E-state index contributed by atoms with van der Waals surface area (Å²) >= 11 is 12.2. The smallest absolute Gasteiger partial charge is 0.180 e. The van der Waals surface area contributed by atoms with Crippen LogP contribution in [-0.2, 0) is 9.47 Å². The summed E-state index contributed by atoms with van der Waals surface area (Å²) < 4.78 is 12.0. The maximum Gasteiger partial charge on any atom is 0.180 e. The number of aromatic nitrogens is 8. The van der Waals surface area contributed by atoms with Crippen LogP contribution in [0.3, 0.4) is 0 Å². The first-order valence-electron chi connectivity index (χ1n) is 19.2. The van der Waals surface area contributed by atoms with Crippen molar-refractivity contribution in [3.8, 4) is 22.8 Å². The van der Waals surface area contributed by atoms with Crippen LogP contribution in [0.25, 0.3) is 45.1 Å². The van der Waals surface area contributed by atoms with E-state index in [0.29, 0.717) is 47.6 Å². The number of morpholine rings is 2. The van der Waals surface area contributed by atoms with Crippen LogP contribution in [0.1, 0.15) is 37.4 Å². The van der Waals surface area contributed by atoms with E-state index in [4.69, 9.17) is 42.6 Å². The molecule has 0 spiro atoms. The fourth-order valence-electron chi connectivity index (χ4n) is 7.27. The summed E-state index contributed by atoms with van der Waals surface area (Å²) in [5.41, 5.74) is 6.91. The third-order valence-electron chi connectivity index (χ3n) is 10.3. The minimum Gasteiger partial charge on any atom is -0.368 e. The van der Waals surface area contributed by atoms with Crippen molar-refractivity contribution in [3.63, 3.8) is 0 Å². The highest BCUT2D eigenvalue weighted by molar-refractivity contribution is 6.31. The first kappa shape index (κ1) is 37.6. The molecule has 292 valence electrons. The van der Waals surface area contributed by atoms with Gasteiger partial charge in [0, 0.05) is 33.6 Å². The van der Waals surface area contributed by atoms with E-state index in [1.54, 1.807) is 12.4 Å². The maximum atomic E-state index is 6.12. The molecule has 2 aromatic carbocycles. The molecule has 8 aromatic rings. The predicted octanol–water partition coefficient (Wildman–Crippen LogP) is 9.28. The van der Waals surface area contributed by atoms with Crippen LogP contribution in [0, 0.1) is 0 Å². The Kier molecular flexibility index (Phi) is 10.7. The van der Waals surface area contributed by atoms with Gasteiger partial charge in [-0.15, -0.1) is 0 Å². The Morgan fingerprint density at radius 2 is 1.02 bits per heavy atom. The van der Waals surface area contributed by atoms with Crippen molar-refractivity contribution in [2.75, 3.05) is 36.1 Å². The Balaban J connectivity index is 0.000000150. The number of imidazole rings is 2. The third kappa shape index (κ3) is 8.09. The van der Waals surface area contributed by atoms with E-state index in [1.165, 1.54) is 0 Å². The molecule has 2 fully saturated rings. The quantitative estimate of drug-likeness (QED) is 0.167. The zero-order valence-corrected chi connectivity index (χ0v) is 33.3. The van der Waals surface area contributed by atoms with Crippen LogP contribution >= 0.6 is 23.2 Å². The molecular weight excluding hydrogens is 771 g/mol. The lowest BCUT2D eigenvalue weighted by Crippen LogP contribution is -2.45. The molecule has 0 radical (unpaired) electrons. The summed E-state index contributed by atoms with van der Waals surface area (Å²) in [4.78, 5) is 39.1. The van der Waals surface area contributed by atoms with E-state index < -0.39 is 0 Å². The topological polar surface area (TPSA) is 134 Å². The molecule has 8 heterocycles. The molecule has 2 N–H and O–H groups in total. The number of hydrogen-bond acceptors (Lipinski definition) is 10. The minimum absolute atomic E-state index is 0.0777. The van der Waals surface area contributed by atoms with Gasteiger partial charge >= 0.3 is 0 Å². The minimum atomic E-state index is -0.0777. The molecule has 14 heteroatoms. The fraction of sp³-hybridized carbons (Fsp3) is 0.227. The number of ether oxygens (including phenoxy) is 2. The van der Waals surface area contributed by atoms with Gasteiger partial charge in [-0.25, -0.2) is 19.9 Å². The number of anilines is 2. The number of halogens is 2. The first-order chi connectivity index (χ1) is 28.3. The SMILES string of the molecule is C[C@H]1CO[C@@H](c2ccccn2)CN1c1ccc2[nH]c(-c3cccc(Cl)c3)nc2n1.C[C@H]1CO[C@H](c2ccccn2)CN1c1ccc2[nH]c(-c3cccc(Cl)c3)nc2n1. The van der Waals surface area contributed by atoms with E-state index in [9.17, 15) is 0 Å². The maximum absolute atomic E-state index is 6.12. The monoisotopic (exact) mass is 810 g/mol. The Bertz CT molecular complexity index is 2480. The fourth-order valence-corrected chi connectivity index (χ4v) is 7.65. The number of H-pyrrole nitrogens is 2. The van der Waals surface area contributed by atoms with Crippen molar-refractivity contribution in [3.05, 3.63) is 143 Å². The number of rotatable bonds is 6. The summed E-state index contributed by atoms with van der Waals surface area (Å²) in [7, 11) is 0. The number of aromatic amines is 2. The molecule has 12 nitrogen and oxygen atoms in total. The van der Waals surface area contributed by atoms with Crippen LogP contribution in [0.15, 0.2) is 122 Å². The van der Waals surface area contributed by atoms with E-state index in [0.717, 1.165) is 56.8 Å². The highest BCUT2D eigenvalue weighted by Crippen LogP contribution is 2.31. The van der Waals surface area contributed by atoms with E-state index >= 15 is 0 Å². The van der Waals surface area contributed by atoms with Crippen molar-refractivity contribution in [2.45, 2.75) is 38.1 Å². The van der Waals surface area contributed by atoms with E-state index in [-0.39, 0.29) is 24.3 Å². The molecule has 0 amide bonds. The first-order valence-corrected chi connectivity index (χ1v) is 19.9. The lowest BCUT2D eigenvalue weighted by atomic mass is 10.1. The Hall–Kier alpha value is -5.92. The summed E-state index contributed by atoms with van der Waals surface area (Å²) in [5.74, 6) is 3.29. The second-order valence-corrected chi connectivity index (χ2v) is 15.3. The molecule has 2 saturated heterocycles. The van der Waals surface area contributed by atoms with Crippen molar-refractivity contribution >= 4 is 57.2 Å². The van der Waals surface area contributed by atoms with Gasteiger partial charge in [0.15, 0.2) is 11.3 Å². The predicted molar refractivity (Wildman–Crippen MR) is 228 cm³/mol. The number of nitrogens with one attached hydrogen (secondary N) is 2. The lowest BCUT2D eigenvalue weighted by molar-refractivity contribution is 0.0187. The third-order valence-corrected chi connectivity index (χ3v) is 10.8. The molecule has 0 bridgehead atoms. The van der Waals surface area contributed by atoms with Crippen LogP contribution in [0.5, 0.6) is 0 Å². The molecule has 0 unspecified atom stereocenters. The summed E-state index contributed by atoms with van der Waals surface area (Å²) in [6.07, 6.45) is 3.44. The molecule has 2 aliphatic heterocycles. The average Bonchev–Trinajstić information content (AvgIpc) is 3.89. The lowest BCUT2D eigenvalue weighted by Gasteiger charge is -2.38. The van der Waals surface area contributed by atoms with Crippen LogP contribution in [-0.4, -0.2) is 78.3 Å². The van der Waals surface area contributed by atoms with Gasteiger partial charge < -0.3 is 29.2 Å². The molecule has 0 saturated carbocycles. The second-order valence-electron chi connectivity index (χ2n) is 14.4. The van der Waals surface area contributed by atoms with Crippen LogP contribution in [0.2, 0.25) is 10.0 Å². The van der Waals surface area contributed by atoms with Gasteiger partial charge in [-0.05, 0) is 86.6 Å². The Labute approximate surface area is 345 Å². The molecule has 10 rings (SSSR count). The Morgan fingerprint density at radius 1 is 0.552 bits per heavy atom. The number of benzene rings is 2. The Morgan fingerprint density at radius 3 is 1.43 bits per heavy atom. The van der Waals surface area contributed by atoms with Gasteiger partial charge in [0.05, 0.1) is 60.8 Å². The number of pyridine rings is 4. The van der Waals surface area contributed by atoms with Gasteiger partial charge in [0.25, 0.3) is 0 Å². The molecule has 4 atom stereocenters. The number of fused-ring (bicyclic) bond motifs is 2. The van der Waals surface area contributed by atoms with Crippen molar-refractivity contribution in [2.24, 2.45) is 0 Å². The summed E-state index contributed by atoms with van der Waals surface area (Å²) in [6, 6.07) is 35.6. The average molecular weight is 812 g/mol. The highest BCUT2D eigenvalue weighted by Gasteiger charge is 2.30. The zero-order valence-electron chi connectivity index (χ0n) is 31.8. The van der Waals surface area contributed by atoms with Crippen molar-refractivity contribution < 1.29 is 9.47 Å². The molecule has 0 aliphatic carbocycles. The van der Waals surface area contributed by atoms with Crippen LogP contribution < -0.4 is 9.80 Å². The van der Waals surface area contributed by atoms with Crippen LogP contribution in [0.4, 0.5) is 11.6 Å². The molecule has 6 aromatic heterocycles. The summed E-state index contributed by atoms with van der Waals surface area (Å²) in [5, 5.41) is 1.36. The normalized spacial score (nSPS) is 19.6. The zero-order chi connectivity index (χ0) is 39.6. The van der Waals surface area contributed by atoms with Gasteiger partial charge in [-0.1, -0.05) is 59.6 Å². The number of nitrogens with zero attached hydrogens (tertiary/aromatic N) is 8. The van der Waals surface area contributed by atoms with Gasteiger partial charge in [0.1, 0.15) is 35.5 Å². The van der Waals surface area contributed by atoms with Crippen molar-refractivity contribution in [1.82, 2.24) is 39.9 Å². The molecular formula is C44H40Cl2N10O2. The standard InChI is InChI=1S/2C22H20ClN5O/c2*1-14-13-29-19(17-7-2-3-10-24-17)12-28(14)20-9-8-18-22(26-20)27-21(25-18)15-5-4-6-16(23)11-15/h2*2-11,14,19H,12-13H2,1H3,(H,25,26,27)/t14-,19+;14-,19-/m00/s1. The van der Waals surface area contributed by atoms with E-state index in [2.05, 4.69) is 53.6 Å². The number of hydrogen-bond donors (Lipinski definition) is 2. The molecule has 2 aliphatic rings. The van der Waals surface area contributed by atoms with E-state index in [1.807, 2.05) is 109 Å². The highest BCUT2D eigenvalue weighted by atomic mass is 35.5. The van der Waals surface area contributed by atoms with Gasteiger partial charge in [-0.3, -0.25) is 9.97 Å².